The lowest BCUT2D eigenvalue weighted by Crippen LogP contribution is -2.16. The number of nitrogens with one attached hydrogen (secondary N) is 2. The Bertz CT molecular complexity index is 1140. The second-order valence-corrected chi connectivity index (χ2v) is 9.11. The van der Waals surface area contributed by atoms with Crippen LogP contribution < -0.4 is 15.4 Å². The van der Waals surface area contributed by atoms with Gasteiger partial charge < -0.3 is 15.4 Å². The molecule has 33 heavy (non-hydrogen) atoms. The van der Waals surface area contributed by atoms with Crippen LogP contribution in [0, 0.1) is 0 Å². The molecule has 0 saturated heterocycles. The van der Waals surface area contributed by atoms with E-state index < -0.39 is 17.6 Å². The van der Waals surface area contributed by atoms with Crippen molar-refractivity contribution in [3.05, 3.63) is 59.7 Å². The van der Waals surface area contributed by atoms with Crippen LogP contribution in [-0.4, -0.2) is 33.9 Å². The summed E-state index contributed by atoms with van der Waals surface area (Å²) in [7, 11) is 0. The number of alkyl halides is 3. The van der Waals surface area contributed by atoms with Gasteiger partial charge in [-0.25, -0.2) is 0 Å². The van der Waals surface area contributed by atoms with Crippen molar-refractivity contribution in [1.82, 2.24) is 10.2 Å². The van der Waals surface area contributed by atoms with Crippen molar-refractivity contribution in [3.63, 3.8) is 0 Å². The molecule has 0 aliphatic carbocycles. The minimum Gasteiger partial charge on any atom is -0.466 e. The molecule has 0 aliphatic heterocycles. The van der Waals surface area contributed by atoms with Crippen molar-refractivity contribution < 1.29 is 27.5 Å². The highest BCUT2D eigenvalue weighted by atomic mass is 32.2. The van der Waals surface area contributed by atoms with Crippen LogP contribution >= 0.6 is 23.1 Å². The van der Waals surface area contributed by atoms with E-state index in [1.165, 1.54) is 47.4 Å². The number of anilines is 2. The molecule has 2 N–H and O–H groups in total. The molecule has 0 spiro atoms. The van der Waals surface area contributed by atoms with Gasteiger partial charge in [0.1, 0.15) is 0 Å². The molecule has 3 rings (SSSR count). The molecule has 1 heterocycles. The molecule has 0 aliphatic rings. The van der Waals surface area contributed by atoms with Gasteiger partial charge in [-0.2, -0.15) is 13.2 Å². The first-order valence-electron chi connectivity index (χ1n) is 9.61. The molecule has 2 amide bonds. The zero-order valence-corrected chi connectivity index (χ0v) is 19.1. The predicted octanol–water partition coefficient (Wildman–Crippen LogP) is 5.33. The van der Waals surface area contributed by atoms with Gasteiger partial charge in [-0.3, -0.25) is 9.59 Å². The van der Waals surface area contributed by atoms with Gasteiger partial charge in [-0.1, -0.05) is 29.0 Å². The minimum absolute atomic E-state index is 0.0125. The number of rotatable bonds is 8. The fourth-order valence-corrected chi connectivity index (χ4v) is 4.15. The molecule has 12 heteroatoms. The summed E-state index contributed by atoms with van der Waals surface area (Å²) in [5, 5.41) is 13.4. The molecule has 0 radical (unpaired) electrons. The van der Waals surface area contributed by atoms with Gasteiger partial charge >= 0.3 is 6.18 Å². The normalized spacial score (nSPS) is 11.3. The summed E-state index contributed by atoms with van der Waals surface area (Å²) >= 11 is 2.43. The molecule has 0 fully saturated rings. The Kier molecular flexibility index (Phi) is 7.92. The average molecular weight is 497 g/mol. The monoisotopic (exact) mass is 496 g/mol. The number of amides is 2. The smallest absolute Gasteiger partial charge is 0.416 e. The van der Waals surface area contributed by atoms with E-state index in [2.05, 4.69) is 20.8 Å². The Morgan fingerprint density at radius 1 is 1.06 bits per heavy atom. The van der Waals surface area contributed by atoms with Crippen molar-refractivity contribution in [2.75, 3.05) is 16.4 Å². The van der Waals surface area contributed by atoms with Crippen LogP contribution in [-0.2, 0) is 11.0 Å². The number of hydrogen-bond acceptors (Lipinski definition) is 7. The van der Waals surface area contributed by atoms with Crippen molar-refractivity contribution >= 4 is 46.3 Å². The molecular weight excluding hydrogens is 477 g/mol. The van der Waals surface area contributed by atoms with Crippen molar-refractivity contribution in [3.8, 4) is 5.19 Å². The Hall–Kier alpha value is -3.12. The van der Waals surface area contributed by atoms with Gasteiger partial charge in [-0.15, -0.1) is 5.10 Å². The lowest BCUT2D eigenvalue weighted by molar-refractivity contribution is -0.137. The topological polar surface area (TPSA) is 93.2 Å². The zero-order valence-electron chi connectivity index (χ0n) is 17.5. The van der Waals surface area contributed by atoms with Crippen molar-refractivity contribution in [2.45, 2.75) is 30.5 Å². The summed E-state index contributed by atoms with van der Waals surface area (Å²) in [4.78, 5) is 24.7. The molecule has 174 valence electrons. The standard InChI is InChI=1S/C21H19F3N4O3S2/c1-12(2)31-19-27-28-20(33-19)32-11-17(29)25-15-7-3-5-13(9-15)18(30)26-16-8-4-6-14(10-16)21(22,23)24/h3-10,12H,11H2,1-2H3,(H,25,29)(H,26,30). The number of ether oxygens (including phenoxy) is 1. The van der Waals surface area contributed by atoms with E-state index in [0.717, 1.165) is 12.1 Å². The lowest BCUT2D eigenvalue weighted by atomic mass is 10.1. The van der Waals surface area contributed by atoms with E-state index in [1.807, 2.05) is 13.8 Å². The summed E-state index contributed by atoms with van der Waals surface area (Å²) in [6.45, 7) is 3.74. The largest absolute Gasteiger partial charge is 0.466 e. The first kappa shape index (κ1) is 24.5. The molecule has 0 saturated carbocycles. The van der Waals surface area contributed by atoms with Crippen LogP contribution in [0.15, 0.2) is 52.9 Å². The summed E-state index contributed by atoms with van der Waals surface area (Å²) in [6.07, 6.45) is -4.54. The molecule has 0 bridgehead atoms. The first-order valence-corrected chi connectivity index (χ1v) is 11.4. The minimum atomic E-state index is -4.51. The summed E-state index contributed by atoms with van der Waals surface area (Å²) in [6, 6.07) is 10.4. The van der Waals surface area contributed by atoms with Gasteiger partial charge in [0.15, 0.2) is 4.34 Å². The number of carbonyl (C=O) groups is 2. The third kappa shape index (κ3) is 7.46. The van der Waals surface area contributed by atoms with Gasteiger partial charge in [0.2, 0.25) is 5.91 Å². The van der Waals surface area contributed by atoms with Crippen LogP contribution in [0.2, 0.25) is 0 Å². The highest BCUT2D eigenvalue weighted by Crippen LogP contribution is 2.31. The first-order chi connectivity index (χ1) is 15.6. The van der Waals surface area contributed by atoms with Crippen LogP contribution in [0.25, 0.3) is 0 Å². The number of nitrogens with zero attached hydrogens (tertiary/aromatic N) is 2. The Labute approximate surface area is 195 Å². The molecular formula is C21H19F3N4O3S2. The third-order valence-corrected chi connectivity index (χ3v) is 5.85. The maximum Gasteiger partial charge on any atom is 0.416 e. The second-order valence-electron chi connectivity index (χ2n) is 6.95. The van der Waals surface area contributed by atoms with Crippen molar-refractivity contribution in [2.24, 2.45) is 0 Å². The highest BCUT2D eigenvalue weighted by molar-refractivity contribution is 8.01. The number of carbonyl (C=O) groups excluding carboxylic acids is 2. The van der Waals surface area contributed by atoms with Gasteiger partial charge in [0.05, 0.1) is 17.4 Å². The molecule has 2 aromatic carbocycles. The van der Waals surface area contributed by atoms with E-state index in [9.17, 15) is 22.8 Å². The van der Waals surface area contributed by atoms with E-state index in [4.69, 9.17) is 4.74 Å². The average Bonchev–Trinajstić information content (AvgIpc) is 3.18. The maximum absolute atomic E-state index is 12.9. The number of thioether (sulfide) groups is 1. The molecule has 7 nitrogen and oxygen atoms in total. The summed E-state index contributed by atoms with van der Waals surface area (Å²) in [5.74, 6) is -0.861. The van der Waals surface area contributed by atoms with Crippen LogP contribution in [0.4, 0.5) is 24.5 Å². The number of halogens is 3. The quantitative estimate of drug-likeness (QED) is 0.410. The highest BCUT2D eigenvalue weighted by Gasteiger charge is 2.30. The van der Waals surface area contributed by atoms with Crippen LogP contribution in [0.3, 0.4) is 0 Å². The number of benzene rings is 2. The Balaban J connectivity index is 1.57. The molecule has 3 aromatic rings. The van der Waals surface area contributed by atoms with Crippen LogP contribution in [0.5, 0.6) is 5.19 Å². The second kappa shape index (κ2) is 10.7. The molecule has 0 atom stereocenters. The van der Waals surface area contributed by atoms with E-state index in [1.54, 1.807) is 12.1 Å². The van der Waals surface area contributed by atoms with Crippen molar-refractivity contribution in [1.29, 1.82) is 0 Å². The molecule has 1 aromatic heterocycles. The Morgan fingerprint density at radius 2 is 1.76 bits per heavy atom. The van der Waals surface area contributed by atoms with Gasteiger partial charge in [0, 0.05) is 16.9 Å². The number of aromatic nitrogens is 2. The summed E-state index contributed by atoms with van der Waals surface area (Å²) < 4.78 is 44.6. The summed E-state index contributed by atoms with van der Waals surface area (Å²) in [5.41, 5.74) is -0.300. The fraction of sp³-hybridized carbons (Fsp3) is 0.238. The Morgan fingerprint density at radius 3 is 2.45 bits per heavy atom. The van der Waals surface area contributed by atoms with Gasteiger partial charge in [0.25, 0.3) is 11.1 Å². The predicted molar refractivity (Wildman–Crippen MR) is 121 cm³/mol. The SMILES string of the molecule is CC(C)Oc1nnc(SCC(=O)Nc2cccc(C(=O)Nc3cccc(C(F)(F)F)c3)c2)s1. The zero-order chi connectivity index (χ0) is 24.0. The third-order valence-electron chi connectivity index (χ3n) is 3.91. The lowest BCUT2D eigenvalue weighted by Gasteiger charge is -2.11. The molecule has 0 unspecified atom stereocenters. The fourth-order valence-electron chi connectivity index (χ4n) is 2.54. The maximum atomic E-state index is 12.9. The van der Waals surface area contributed by atoms with E-state index >= 15 is 0 Å². The van der Waals surface area contributed by atoms with Gasteiger partial charge in [-0.05, 0) is 61.6 Å². The number of hydrogen-bond donors (Lipinski definition) is 2. The van der Waals surface area contributed by atoms with E-state index in [-0.39, 0.29) is 29.0 Å². The van der Waals surface area contributed by atoms with E-state index in [0.29, 0.717) is 15.2 Å². The van der Waals surface area contributed by atoms with Crippen LogP contribution in [0.1, 0.15) is 29.8 Å².